The van der Waals surface area contributed by atoms with Gasteiger partial charge in [0.15, 0.2) is 5.96 Å². The number of aliphatic hydroxyl groups is 1. The van der Waals surface area contributed by atoms with Crippen molar-refractivity contribution in [2.45, 2.75) is 32.7 Å². The molecule has 1 rings (SSSR count). The standard InChI is InChI=1S/C13H23N3O2.HI/c1-3-11(10-17)16-13(14-4-2)15-8-7-12-6-5-9-18-12;/h5-6,9,11,17H,3-4,7-8,10H2,1-2H3,(H2,14,15,16);1H/t11-;/m1./s1. The number of aliphatic hydroxyl groups excluding tert-OH is 1. The van der Waals surface area contributed by atoms with Gasteiger partial charge in [-0.05, 0) is 25.5 Å². The van der Waals surface area contributed by atoms with Crippen molar-refractivity contribution in [1.82, 2.24) is 10.6 Å². The molecule has 1 heterocycles. The molecule has 0 aliphatic heterocycles. The molecular weight excluding hydrogens is 357 g/mol. The molecule has 6 heteroatoms. The minimum atomic E-state index is 0. The number of guanidine groups is 1. The zero-order chi connectivity index (χ0) is 13.2. The van der Waals surface area contributed by atoms with E-state index in [1.54, 1.807) is 6.26 Å². The van der Waals surface area contributed by atoms with Crippen LogP contribution in [0.2, 0.25) is 0 Å². The van der Waals surface area contributed by atoms with Crippen LogP contribution in [0.1, 0.15) is 26.0 Å². The topological polar surface area (TPSA) is 69.8 Å². The van der Waals surface area contributed by atoms with Crippen molar-refractivity contribution in [2.75, 3.05) is 19.7 Å². The third-order valence-electron chi connectivity index (χ3n) is 2.61. The van der Waals surface area contributed by atoms with Crippen LogP contribution in [0.4, 0.5) is 0 Å². The zero-order valence-corrected chi connectivity index (χ0v) is 13.9. The summed E-state index contributed by atoms with van der Waals surface area (Å²) in [5, 5.41) is 15.5. The highest BCUT2D eigenvalue weighted by Crippen LogP contribution is 2.00. The van der Waals surface area contributed by atoms with E-state index in [2.05, 4.69) is 15.6 Å². The number of furan rings is 1. The van der Waals surface area contributed by atoms with Crippen molar-refractivity contribution in [3.63, 3.8) is 0 Å². The highest BCUT2D eigenvalue weighted by molar-refractivity contribution is 14.0. The predicted octanol–water partition coefficient (Wildman–Crippen LogP) is 1.77. The Morgan fingerprint density at radius 1 is 1.47 bits per heavy atom. The van der Waals surface area contributed by atoms with Crippen LogP contribution in [0.25, 0.3) is 0 Å². The lowest BCUT2D eigenvalue weighted by Gasteiger charge is -2.17. The first-order chi connectivity index (χ1) is 8.80. The van der Waals surface area contributed by atoms with E-state index in [-0.39, 0.29) is 36.6 Å². The molecule has 0 unspecified atom stereocenters. The quantitative estimate of drug-likeness (QED) is 0.383. The molecule has 0 aliphatic carbocycles. The highest BCUT2D eigenvalue weighted by atomic mass is 127. The lowest BCUT2D eigenvalue weighted by atomic mass is 10.2. The first-order valence-electron chi connectivity index (χ1n) is 6.48. The molecule has 0 fully saturated rings. The Morgan fingerprint density at radius 2 is 2.26 bits per heavy atom. The van der Waals surface area contributed by atoms with Gasteiger partial charge >= 0.3 is 0 Å². The van der Waals surface area contributed by atoms with E-state index in [0.717, 1.165) is 31.1 Å². The fourth-order valence-electron chi connectivity index (χ4n) is 1.52. The van der Waals surface area contributed by atoms with Gasteiger partial charge in [-0.15, -0.1) is 24.0 Å². The normalized spacial score (nSPS) is 12.7. The summed E-state index contributed by atoms with van der Waals surface area (Å²) in [5.74, 6) is 1.67. The summed E-state index contributed by atoms with van der Waals surface area (Å²) in [7, 11) is 0. The van der Waals surface area contributed by atoms with Crippen LogP contribution in [-0.4, -0.2) is 36.8 Å². The molecule has 3 N–H and O–H groups in total. The van der Waals surface area contributed by atoms with E-state index in [4.69, 9.17) is 9.52 Å². The van der Waals surface area contributed by atoms with E-state index in [9.17, 15) is 0 Å². The minimum Gasteiger partial charge on any atom is -0.469 e. The van der Waals surface area contributed by atoms with Crippen LogP contribution in [0, 0.1) is 0 Å². The number of hydrogen-bond acceptors (Lipinski definition) is 3. The number of nitrogens with one attached hydrogen (secondary N) is 2. The SMILES string of the molecule is CCNC(=NCCc1ccco1)N[C@H](CC)CO.I. The fraction of sp³-hybridized carbons (Fsp3) is 0.615. The summed E-state index contributed by atoms with van der Waals surface area (Å²) < 4.78 is 5.25. The van der Waals surface area contributed by atoms with Crippen molar-refractivity contribution < 1.29 is 9.52 Å². The maximum atomic E-state index is 9.16. The van der Waals surface area contributed by atoms with Gasteiger partial charge in [0.25, 0.3) is 0 Å². The second-order valence-electron chi connectivity index (χ2n) is 4.02. The van der Waals surface area contributed by atoms with Gasteiger partial charge in [0.05, 0.1) is 18.9 Å². The Balaban J connectivity index is 0.00000324. The average molecular weight is 381 g/mol. The Labute approximate surface area is 131 Å². The fourth-order valence-corrected chi connectivity index (χ4v) is 1.52. The molecule has 110 valence electrons. The van der Waals surface area contributed by atoms with E-state index in [0.29, 0.717) is 6.54 Å². The van der Waals surface area contributed by atoms with Crippen molar-refractivity contribution in [3.05, 3.63) is 24.2 Å². The molecule has 19 heavy (non-hydrogen) atoms. The van der Waals surface area contributed by atoms with Crippen LogP contribution in [0.15, 0.2) is 27.8 Å². The second kappa shape index (κ2) is 11.1. The maximum Gasteiger partial charge on any atom is 0.191 e. The van der Waals surface area contributed by atoms with Crippen LogP contribution in [0.5, 0.6) is 0 Å². The van der Waals surface area contributed by atoms with Crippen LogP contribution in [-0.2, 0) is 6.42 Å². The van der Waals surface area contributed by atoms with Crippen molar-refractivity contribution in [1.29, 1.82) is 0 Å². The average Bonchev–Trinajstić information content (AvgIpc) is 2.89. The van der Waals surface area contributed by atoms with E-state index < -0.39 is 0 Å². The monoisotopic (exact) mass is 381 g/mol. The molecule has 1 atom stereocenters. The van der Waals surface area contributed by atoms with Crippen molar-refractivity contribution in [2.24, 2.45) is 4.99 Å². The number of aliphatic imine (C=N–C) groups is 1. The van der Waals surface area contributed by atoms with Gasteiger partial charge in [0, 0.05) is 19.5 Å². The molecule has 0 saturated carbocycles. The number of rotatable bonds is 7. The molecule has 0 amide bonds. The molecule has 5 nitrogen and oxygen atoms in total. The first kappa shape index (κ1) is 18.2. The molecule has 0 radical (unpaired) electrons. The minimum absolute atomic E-state index is 0. The van der Waals surface area contributed by atoms with Gasteiger partial charge in [0.1, 0.15) is 5.76 Å². The molecule has 1 aromatic rings. The van der Waals surface area contributed by atoms with Gasteiger partial charge < -0.3 is 20.2 Å². The maximum absolute atomic E-state index is 9.16. The third-order valence-corrected chi connectivity index (χ3v) is 2.61. The Bertz CT molecular complexity index is 338. The third kappa shape index (κ3) is 7.41. The highest BCUT2D eigenvalue weighted by Gasteiger charge is 2.06. The first-order valence-corrected chi connectivity index (χ1v) is 6.48. The summed E-state index contributed by atoms with van der Waals surface area (Å²) >= 11 is 0. The smallest absolute Gasteiger partial charge is 0.191 e. The van der Waals surface area contributed by atoms with Gasteiger partial charge in [-0.1, -0.05) is 6.92 Å². The largest absolute Gasteiger partial charge is 0.469 e. The van der Waals surface area contributed by atoms with E-state index in [1.807, 2.05) is 26.0 Å². The lowest BCUT2D eigenvalue weighted by molar-refractivity contribution is 0.252. The molecule has 0 saturated heterocycles. The molecule has 0 aliphatic rings. The Kier molecular flexibility index (Phi) is 10.7. The lowest BCUT2D eigenvalue weighted by Crippen LogP contribution is -2.44. The predicted molar refractivity (Wildman–Crippen MR) is 88.1 cm³/mol. The summed E-state index contributed by atoms with van der Waals surface area (Å²) in [4.78, 5) is 4.45. The van der Waals surface area contributed by atoms with Crippen molar-refractivity contribution in [3.8, 4) is 0 Å². The van der Waals surface area contributed by atoms with Gasteiger partial charge in [0.2, 0.25) is 0 Å². The zero-order valence-electron chi connectivity index (χ0n) is 11.6. The molecule has 0 bridgehead atoms. The van der Waals surface area contributed by atoms with E-state index in [1.165, 1.54) is 0 Å². The Morgan fingerprint density at radius 3 is 2.79 bits per heavy atom. The number of hydrogen-bond donors (Lipinski definition) is 3. The van der Waals surface area contributed by atoms with Crippen molar-refractivity contribution >= 4 is 29.9 Å². The number of halogens is 1. The molecule has 0 aromatic carbocycles. The summed E-state index contributed by atoms with van der Waals surface area (Å²) in [6.07, 6.45) is 3.31. The van der Waals surface area contributed by atoms with E-state index >= 15 is 0 Å². The summed E-state index contributed by atoms with van der Waals surface area (Å²) in [6, 6.07) is 3.87. The number of nitrogens with zero attached hydrogens (tertiary/aromatic N) is 1. The van der Waals surface area contributed by atoms with Crippen LogP contribution >= 0.6 is 24.0 Å². The van der Waals surface area contributed by atoms with Gasteiger partial charge in [-0.3, -0.25) is 4.99 Å². The molecule has 1 aromatic heterocycles. The van der Waals surface area contributed by atoms with Gasteiger partial charge in [-0.2, -0.15) is 0 Å². The Hall–Kier alpha value is -0.760. The second-order valence-corrected chi connectivity index (χ2v) is 4.02. The summed E-state index contributed by atoms with van der Waals surface area (Å²) in [6.45, 7) is 5.61. The van der Waals surface area contributed by atoms with Gasteiger partial charge in [-0.25, -0.2) is 0 Å². The van der Waals surface area contributed by atoms with Crippen LogP contribution in [0.3, 0.4) is 0 Å². The molecular formula is C13H24IN3O2. The summed E-state index contributed by atoms with van der Waals surface area (Å²) in [5.41, 5.74) is 0. The van der Waals surface area contributed by atoms with Crippen LogP contribution < -0.4 is 10.6 Å². The molecule has 0 spiro atoms.